The number of halogens is 2. The van der Waals surface area contributed by atoms with Crippen molar-refractivity contribution < 1.29 is 4.79 Å². The van der Waals surface area contributed by atoms with Gasteiger partial charge in [0.15, 0.2) is 0 Å². The second kappa shape index (κ2) is 7.59. The highest BCUT2D eigenvalue weighted by atomic mass is 35.5. The average Bonchev–Trinajstić information content (AvgIpc) is 3.00. The summed E-state index contributed by atoms with van der Waals surface area (Å²) in [6.45, 7) is 6.75. The zero-order valence-electron chi connectivity index (χ0n) is 12.0. The van der Waals surface area contributed by atoms with Crippen LogP contribution < -0.4 is 11.1 Å². The van der Waals surface area contributed by atoms with Crippen LogP contribution in [0.25, 0.3) is 0 Å². The Labute approximate surface area is 136 Å². The van der Waals surface area contributed by atoms with Crippen LogP contribution in [0.15, 0.2) is 5.51 Å². The van der Waals surface area contributed by atoms with Crippen LogP contribution in [0.2, 0.25) is 0 Å². The SMILES string of the molecule is CC(C)(C)c1ncsc1C(=O)NCC(N)C1CC1.Cl.Cl. The van der Waals surface area contributed by atoms with Gasteiger partial charge in [-0.05, 0) is 18.8 Å². The normalized spacial score (nSPS) is 15.8. The van der Waals surface area contributed by atoms with Gasteiger partial charge in [-0.25, -0.2) is 4.98 Å². The molecule has 4 nitrogen and oxygen atoms in total. The molecule has 1 aromatic heterocycles. The lowest BCUT2D eigenvalue weighted by molar-refractivity contribution is 0.0952. The fourth-order valence-electron chi connectivity index (χ4n) is 1.92. The molecular formula is C13H23Cl2N3OS. The number of carbonyl (C=O) groups excluding carboxylic acids is 1. The van der Waals surface area contributed by atoms with Crippen LogP contribution in [0.5, 0.6) is 0 Å². The van der Waals surface area contributed by atoms with E-state index < -0.39 is 0 Å². The molecule has 3 N–H and O–H groups in total. The van der Waals surface area contributed by atoms with Gasteiger partial charge in [-0.15, -0.1) is 36.2 Å². The molecule has 1 aromatic rings. The maximum absolute atomic E-state index is 12.1. The first kappa shape index (κ1) is 19.6. The minimum Gasteiger partial charge on any atom is -0.350 e. The largest absolute Gasteiger partial charge is 0.350 e. The summed E-state index contributed by atoms with van der Waals surface area (Å²) in [7, 11) is 0. The number of hydrogen-bond acceptors (Lipinski definition) is 4. The number of rotatable bonds is 4. The van der Waals surface area contributed by atoms with Crippen molar-refractivity contribution >= 4 is 42.1 Å². The van der Waals surface area contributed by atoms with Gasteiger partial charge in [0.05, 0.1) is 11.2 Å². The molecular weight excluding hydrogens is 317 g/mol. The van der Waals surface area contributed by atoms with E-state index in [1.54, 1.807) is 5.51 Å². The molecule has 1 aliphatic carbocycles. The first-order valence-corrected chi connectivity index (χ1v) is 7.25. The summed E-state index contributed by atoms with van der Waals surface area (Å²) in [6, 6.07) is 0.0972. The van der Waals surface area contributed by atoms with E-state index in [2.05, 4.69) is 31.1 Å². The second-order valence-electron chi connectivity index (χ2n) is 5.99. The predicted octanol–water partition coefficient (Wildman–Crippen LogP) is 2.75. The van der Waals surface area contributed by atoms with Crippen LogP contribution in [-0.2, 0) is 5.41 Å². The van der Waals surface area contributed by atoms with Gasteiger partial charge < -0.3 is 11.1 Å². The van der Waals surface area contributed by atoms with Crippen molar-refractivity contribution in [2.45, 2.75) is 45.1 Å². The summed E-state index contributed by atoms with van der Waals surface area (Å²) in [4.78, 5) is 17.1. The van der Waals surface area contributed by atoms with E-state index in [9.17, 15) is 4.79 Å². The maximum Gasteiger partial charge on any atom is 0.263 e. The lowest BCUT2D eigenvalue weighted by atomic mass is 9.91. The second-order valence-corrected chi connectivity index (χ2v) is 6.85. The average molecular weight is 340 g/mol. The molecule has 1 aliphatic rings. The van der Waals surface area contributed by atoms with Gasteiger partial charge in [-0.3, -0.25) is 4.79 Å². The van der Waals surface area contributed by atoms with E-state index in [0.717, 1.165) is 5.69 Å². The third-order valence-electron chi connectivity index (χ3n) is 3.21. The Morgan fingerprint density at radius 3 is 2.60 bits per heavy atom. The molecule has 0 aromatic carbocycles. The Balaban J connectivity index is 0.00000180. The highest BCUT2D eigenvalue weighted by Gasteiger charge is 2.29. The van der Waals surface area contributed by atoms with Crippen LogP contribution >= 0.6 is 36.2 Å². The van der Waals surface area contributed by atoms with Gasteiger partial charge in [0.2, 0.25) is 0 Å². The molecule has 2 rings (SSSR count). The fourth-order valence-corrected chi connectivity index (χ4v) is 2.84. The van der Waals surface area contributed by atoms with Crippen molar-refractivity contribution in [3.8, 4) is 0 Å². The Kier molecular flexibility index (Phi) is 7.46. The quantitative estimate of drug-likeness (QED) is 0.886. The first-order valence-electron chi connectivity index (χ1n) is 6.37. The maximum atomic E-state index is 12.1. The van der Waals surface area contributed by atoms with Gasteiger partial charge in [-0.2, -0.15) is 0 Å². The molecule has 20 heavy (non-hydrogen) atoms. The number of aromatic nitrogens is 1. The lowest BCUT2D eigenvalue weighted by Gasteiger charge is -2.18. The smallest absolute Gasteiger partial charge is 0.263 e. The van der Waals surface area contributed by atoms with Crippen LogP contribution in [0.4, 0.5) is 0 Å². The number of thiazole rings is 1. The Morgan fingerprint density at radius 1 is 1.50 bits per heavy atom. The molecule has 0 saturated heterocycles. The van der Waals surface area contributed by atoms with E-state index in [1.165, 1.54) is 24.2 Å². The molecule has 1 amide bonds. The minimum atomic E-state index is -0.106. The standard InChI is InChI=1S/C13H21N3OS.2ClH/c1-13(2,3)11-10(18-7-16-11)12(17)15-6-9(14)8-4-5-8;;/h7-9H,4-6,14H2,1-3H3,(H,15,17);2*1H. The molecule has 0 aliphatic heterocycles. The summed E-state index contributed by atoms with van der Waals surface area (Å²) >= 11 is 1.40. The first-order chi connectivity index (χ1) is 8.39. The molecule has 0 bridgehead atoms. The van der Waals surface area contributed by atoms with Gasteiger partial charge in [0.1, 0.15) is 4.88 Å². The Morgan fingerprint density at radius 2 is 2.10 bits per heavy atom. The number of nitrogens with zero attached hydrogens (tertiary/aromatic N) is 1. The van der Waals surface area contributed by atoms with Crippen molar-refractivity contribution in [1.29, 1.82) is 0 Å². The van der Waals surface area contributed by atoms with Crippen LogP contribution in [-0.4, -0.2) is 23.5 Å². The number of nitrogens with one attached hydrogen (secondary N) is 1. The number of hydrogen-bond donors (Lipinski definition) is 2. The number of nitrogens with two attached hydrogens (primary N) is 1. The predicted molar refractivity (Wildman–Crippen MR) is 88.3 cm³/mol. The van der Waals surface area contributed by atoms with E-state index in [4.69, 9.17) is 5.73 Å². The molecule has 1 saturated carbocycles. The van der Waals surface area contributed by atoms with Crippen LogP contribution in [0.3, 0.4) is 0 Å². The van der Waals surface area contributed by atoms with Crippen LogP contribution in [0.1, 0.15) is 49.0 Å². The van der Waals surface area contributed by atoms with Crippen molar-refractivity contribution in [2.75, 3.05) is 6.54 Å². The Hall–Kier alpha value is -0.360. The third kappa shape index (κ3) is 4.88. The van der Waals surface area contributed by atoms with E-state index in [1.807, 2.05) is 0 Å². The van der Waals surface area contributed by atoms with Crippen molar-refractivity contribution in [1.82, 2.24) is 10.3 Å². The molecule has 7 heteroatoms. The highest BCUT2D eigenvalue weighted by Crippen LogP contribution is 2.31. The third-order valence-corrected chi connectivity index (χ3v) is 4.04. The van der Waals surface area contributed by atoms with Gasteiger partial charge >= 0.3 is 0 Å². The fraction of sp³-hybridized carbons (Fsp3) is 0.692. The van der Waals surface area contributed by atoms with Gasteiger partial charge in [-0.1, -0.05) is 20.8 Å². The molecule has 0 radical (unpaired) electrons. The van der Waals surface area contributed by atoms with E-state index in [0.29, 0.717) is 17.3 Å². The van der Waals surface area contributed by atoms with E-state index >= 15 is 0 Å². The van der Waals surface area contributed by atoms with E-state index in [-0.39, 0.29) is 42.2 Å². The minimum absolute atomic E-state index is 0. The topological polar surface area (TPSA) is 68.0 Å². The van der Waals surface area contributed by atoms with Crippen molar-refractivity contribution in [3.63, 3.8) is 0 Å². The van der Waals surface area contributed by atoms with Gasteiger partial charge in [0.25, 0.3) is 5.91 Å². The lowest BCUT2D eigenvalue weighted by Crippen LogP contribution is -2.38. The molecule has 116 valence electrons. The highest BCUT2D eigenvalue weighted by molar-refractivity contribution is 7.11. The summed E-state index contributed by atoms with van der Waals surface area (Å²) in [6.07, 6.45) is 2.40. The van der Waals surface area contributed by atoms with Gasteiger partial charge in [0, 0.05) is 18.0 Å². The van der Waals surface area contributed by atoms with Crippen molar-refractivity contribution in [2.24, 2.45) is 11.7 Å². The molecule has 0 spiro atoms. The summed E-state index contributed by atoms with van der Waals surface area (Å²) in [5, 5.41) is 2.93. The molecule has 1 fully saturated rings. The molecule has 1 unspecified atom stereocenters. The molecule has 1 heterocycles. The number of amides is 1. The zero-order chi connectivity index (χ0) is 13.3. The monoisotopic (exact) mass is 339 g/mol. The molecule has 1 atom stereocenters. The summed E-state index contributed by atoms with van der Waals surface area (Å²) in [5.74, 6) is 0.562. The van der Waals surface area contributed by atoms with Crippen LogP contribution in [0, 0.1) is 5.92 Å². The Bertz CT molecular complexity index is 441. The van der Waals surface area contributed by atoms with Crippen molar-refractivity contribution in [3.05, 3.63) is 16.1 Å². The zero-order valence-corrected chi connectivity index (χ0v) is 14.5. The summed E-state index contributed by atoms with van der Waals surface area (Å²) in [5.41, 5.74) is 8.47. The number of carbonyl (C=O) groups is 1. The summed E-state index contributed by atoms with van der Waals surface area (Å²) < 4.78 is 0.